The van der Waals surface area contributed by atoms with Gasteiger partial charge in [-0.3, -0.25) is 0 Å². The molecule has 18 heavy (non-hydrogen) atoms. The van der Waals surface area contributed by atoms with Crippen molar-refractivity contribution in [1.82, 2.24) is 5.32 Å². The van der Waals surface area contributed by atoms with Crippen LogP contribution in [0, 0.1) is 11.7 Å². The molecule has 0 saturated heterocycles. The lowest BCUT2D eigenvalue weighted by Crippen LogP contribution is -2.41. The predicted octanol–water partition coefficient (Wildman–Crippen LogP) is 3.29. The average molecular weight is 252 g/mol. The van der Waals surface area contributed by atoms with Gasteiger partial charge in [0.15, 0.2) is 0 Å². The zero-order valence-corrected chi connectivity index (χ0v) is 11.9. The molecule has 0 spiro atoms. The Kier molecular flexibility index (Phi) is 6.13. The van der Waals surface area contributed by atoms with E-state index in [1.807, 2.05) is 24.1 Å². The van der Waals surface area contributed by atoms with E-state index in [0.29, 0.717) is 17.6 Å². The van der Waals surface area contributed by atoms with Gasteiger partial charge in [-0.15, -0.1) is 0 Å². The van der Waals surface area contributed by atoms with E-state index in [2.05, 4.69) is 26.1 Å². The third-order valence-corrected chi connectivity index (χ3v) is 3.18. The van der Waals surface area contributed by atoms with E-state index >= 15 is 0 Å². The van der Waals surface area contributed by atoms with Crippen LogP contribution in [0.25, 0.3) is 0 Å². The van der Waals surface area contributed by atoms with Crippen LogP contribution in [0.15, 0.2) is 24.3 Å². The minimum atomic E-state index is -0.151. The first-order valence-electron chi connectivity index (χ1n) is 6.74. The largest absolute Gasteiger partial charge is 0.368 e. The summed E-state index contributed by atoms with van der Waals surface area (Å²) in [5.74, 6) is 0.489. The Bertz CT molecular complexity index is 352. The van der Waals surface area contributed by atoms with Gasteiger partial charge in [0.2, 0.25) is 0 Å². The minimum absolute atomic E-state index is 0.151. The molecule has 0 saturated carbocycles. The molecule has 0 radical (unpaired) electrons. The highest BCUT2D eigenvalue weighted by Gasteiger charge is 2.15. The highest BCUT2D eigenvalue weighted by molar-refractivity contribution is 5.47. The van der Waals surface area contributed by atoms with E-state index in [-0.39, 0.29) is 5.82 Å². The van der Waals surface area contributed by atoms with Crippen molar-refractivity contribution in [2.75, 3.05) is 25.0 Å². The number of likely N-dealkylation sites (N-methyl/N-ethyl adjacent to an activating group) is 1. The van der Waals surface area contributed by atoms with Crippen LogP contribution in [-0.4, -0.2) is 26.2 Å². The molecule has 1 aromatic rings. The Balaban J connectivity index is 2.62. The van der Waals surface area contributed by atoms with Gasteiger partial charge in [0.05, 0.1) is 5.69 Å². The Morgan fingerprint density at radius 1 is 1.22 bits per heavy atom. The fraction of sp³-hybridized carbons (Fsp3) is 0.600. The molecule has 0 aromatic heterocycles. The summed E-state index contributed by atoms with van der Waals surface area (Å²) in [4.78, 5) is 2.03. The van der Waals surface area contributed by atoms with E-state index in [1.54, 1.807) is 6.07 Å². The van der Waals surface area contributed by atoms with Crippen LogP contribution in [0.5, 0.6) is 0 Å². The molecule has 1 rings (SSSR count). The zero-order valence-electron chi connectivity index (χ0n) is 11.9. The first-order valence-corrected chi connectivity index (χ1v) is 6.74. The van der Waals surface area contributed by atoms with Gasteiger partial charge in [-0.2, -0.15) is 0 Å². The Morgan fingerprint density at radius 3 is 2.44 bits per heavy atom. The fourth-order valence-electron chi connectivity index (χ4n) is 2.03. The fourth-order valence-corrected chi connectivity index (χ4v) is 2.03. The molecule has 1 aromatic carbocycles. The molecule has 102 valence electrons. The number of benzene rings is 1. The predicted molar refractivity (Wildman–Crippen MR) is 76.6 cm³/mol. The van der Waals surface area contributed by atoms with Crippen molar-refractivity contribution < 1.29 is 4.39 Å². The van der Waals surface area contributed by atoms with Crippen LogP contribution in [0.1, 0.15) is 27.2 Å². The van der Waals surface area contributed by atoms with Crippen LogP contribution in [-0.2, 0) is 0 Å². The second-order valence-corrected chi connectivity index (χ2v) is 5.18. The minimum Gasteiger partial charge on any atom is -0.368 e. The molecule has 2 nitrogen and oxygen atoms in total. The van der Waals surface area contributed by atoms with Gasteiger partial charge in [-0.05, 0) is 31.0 Å². The molecule has 1 unspecified atom stereocenters. The number of anilines is 1. The van der Waals surface area contributed by atoms with Crippen LogP contribution >= 0.6 is 0 Å². The standard InChI is InChI=1S/C15H25FN2/c1-5-13(11-17-10-12(2)3)18(4)15-9-7-6-8-14(15)16/h6-9,12-13,17H,5,10-11H2,1-4H3. The van der Waals surface area contributed by atoms with Crippen LogP contribution in [0.3, 0.4) is 0 Å². The molecule has 1 N–H and O–H groups in total. The Labute approximate surface area is 110 Å². The first kappa shape index (κ1) is 15.0. The number of hydrogen-bond donors (Lipinski definition) is 1. The van der Waals surface area contributed by atoms with E-state index < -0.39 is 0 Å². The van der Waals surface area contributed by atoms with E-state index in [4.69, 9.17) is 0 Å². The van der Waals surface area contributed by atoms with Crippen molar-refractivity contribution >= 4 is 5.69 Å². The SMILES string of the molecule is CCC(CNCC(C)C)N(C)c1ccccc1F. The molecule has 0 heterocycles. The van der Waals surface area contributed by atoms with Gasteiger partial charge in [0.1, 0.15) is 5.82 Å². The van der Waals surface area contributed by atoms with Crippen molar-refractivity contribution in [2.45, 2.75) is 33.2 Å². The van der Waals surface area contributed by atoms with Gasteiger partial charge in [0, 0.05) is 19.6 Å². The maximum atomic E-state index is 13.7. The number of halogens is 1. The maximum absolute atomic E-state index is 13.7. The van der Waals surface area contributed by atoms with Crippen molar-refractivity contribution in [3.05, 3.63) is 30.1 Å². The lowest BCUT2D eigenvalue weighted by atomic mass is 10.1. The zero-order chi connectivity index (χ0) is 13.5. The summed E-state index contributed by atoms with van der Waals surface area (Å²) >= 11 is 0. The molecule has 0 bridgehead atoms. The number of hydrogen-bond acceptors (Lipinski definition) is 2. The molecule has 0 aliphatic heterocycles. The monoisotopic (exact) mass is 252 g/mol. The number of nitrogens with one attached hydrogen (secondary N) is 1. The molecule has 3 heteroatoms. The lowest BCUT2D eigenvalue weighted by molar-refractivity contribution is 0.491. The molecular weight excluding hydrogens is 227 g/mol. The molecule has 1 atom stereocenters. The third kappa shape index (κ3) is 4.30. The van der Waals surface area contributed by atoms with Crippen molar-refractivity contribution in [3.63, 3.8) is 0 Å². The Hall–Kier alpha value is -1.09. The van der Waals surface area contributed by atoms with Gasteiger partial charge in [0.25, 0.3) is 0 Å². The van der Waals surface area contributed by atoms with E-state index in [9.17, 15) is 4.39 Å². The number of rotatable bonds is 7. The van der Waals surface area contributed by atoms with Crippen LogP contribution < -0.4 is 10.2 Å². The Morgan fingerprint density at radius 2 is 1.89 bits per heavy atom. The second kappa shape index (κ2) is 7.37. The van der Waals surface area contributed by atoms with Gasteiger partial charge in [-0.1, -0.05) is 32.9 Å². The second-order valence-electron chi connectivity index (χ2n) is 5.18. The summed E-state index contributed by atoms with van der Waals surface area (Å²) < 4.78 is 13.7. The number of para-hydroxylation sites is 1. The third-order valence-electron chi connectivity index (χ3n) is 3.18. The van der Waals surface area contributed by atoms with Gasteiger partial charge in [-0.25, -0.2) is 4.39 Å². The average Bonchev–Trinajstić information content (AvgIpc) is 2.34. The van der Waals surface area contributed by atoms with Crippen molar-refractivity contribution in [1.29, 1.82) is 0 Å². The van der Waals surface area contributed by atoms with Gasteiger partial charge >= 0.3 is 0 Å². The summed E-state index contributed by atoms with van der Waals surface area (Å²) in [6, 6.07) is 7.27. The summed E-state index contributed by atoms with van der Waals surface area (Å²) in [5, 5.41) is 3.44. The summed E-state index contributed by atoms with van der Waals surface area (Å²) in [6.45, 7) is 8.41. The summed E-state index contributed by atoms with van der Waals surface area (Å²) in [5.41, 5.74) is 0.677. The molecule has 0 fully saturated rings. The molecule has 0 aliphatic carbocycles. The van der Waals surface area contributed by atoms with Crippen molar-refractivity contribution in [2.24, 2.45) is 5.92 Å². The van der Waals surface area contributed by atoms with Crippen LogP contribution in [0.2, 0.25) is 0 Å². The van der Waals surface area contributed by atoms with E-state index in [0.717, 1.165) is 19.5 Å². The number of nitrogens with zero attached hydrogens (tertiary/aromatic N) is 1. The molecular formula is C15H25FN2. The normalized spacial score (nSPS) is 12.8. The topological polar surface area (TPSA) is 15.3 Å². The summed E-state index contributed by atoms with van der Waals surface area (Å²) in [6.07, 6.45) is 0.996. The molecule has 0 aliphatic rings. The van der Waals surface area contributed by atoms with E-state index in [1.165, 1.54) is 6.07 Å². The maximum Gasteiger partial charge on any atom is 0.146 e. The van der Waals surface area contributed by atoms with Crippen molar-refractivity contribution in [3.8, 4) is 0 Å². The first-order chi connectivity index (χ1) is 8.56. The summed E-state index contributed by atoms with van der Waals surface area (Å²) in [7, 11) is 1.96. The highest BCUT2D eigenvalue weighted by Crippen LogP contribution is 2.20. The van der Waals surface area contributed by atoms with Gasteiger partial charge < -0.3 is 10.2 Å². The quantitative estimate of drug-likeness (QED) is 0.801. The van der Waals surface area contributed by atoms with Crippen LogP contribution in [0.4, 0.5) is 10.1 Å². The highest BCUT2D eigenvalue weighted by atomic mass is 19.1. The molecule has 0 amide bonds. The lowest BCUT2D eigenvalue weighted by Gasteiger charge is -2.30. The smallest absolute Gasteiger partial charge is 0.146 e.